The van der Waals surface area contributed by atoms with Crippen LogP contribution in [-0.2, 0) is 22.3 Å². The second-order valence-electron chi connectivity index (χ2n) is 5.26. The maximum atomic E-state index is 12.0. The number of hydrogen-bond donors (Lipinski definition) is 0. The molecule has 1 unspecified atom stereocenters. The third-order valence-electron chi connectivity index (χ3n) is 3.77. The van der Waals surface area contributed by atoms with Gasteiger partial charge in [-0.1, -0.05) is 0 Å². The molecule has 0 spiro atoms. The average molecular weight is 314 g/mol. The van der Waals surface area contributed by atoms with Crippen molar-refractivity contribution in [3.63, 3.8) is 0 Å². The third kappa shape index (κ3) is 2.31. The van der Waals surface area contributed by atoms with Gasteiger partial charge < -0.3 is 4.57 Å². The smallest absolute Gasteiger partial charge is 0.160 e. The van der Waals surface area contributed by atoms with Crippen LogP contribution in [0.1, 0.15) is 24.2 Å². The van der Waals surface area contributed by atoms with Crippen LogP contribution in [0.25, 0.3) is 11.2 Å². The number of fused-ring (bicyclic) bond motifs is 1. The Labute approximate surface area is 122 Å². The van der Waals surface area contributed by atoms with Crippen molar-refractivity contribution in [1.82, 2.24) is 14.5 Å². The first-order valence-electron chi connectivity index (χ1n) is 6.60. The molecule has 3 heterocycles. The number of aromatic nitrogens is 3. The Morgan fingerprint density at radius 2 is 2.30 bits per heavy atom. The van der Waals surface area contributed by atoms with Gasteiger partial charge in [0.2, 0.25) is 0 Å². The number of hydrogen-bond acceptors (Lipinski definition) is 4. The zero-order valence-corrected chi connectivity index (χ0v) is 12.8. The fourth-order valence-electron chi connectivity index (χ4n) is 2.72. The highest BCUT2D eigenvalue weighted by atomic mass is 35.5. The van der Waals surface area contributed by atoms with Crippen LogP contribution in [0.3, 0.4) is 0 Å². The van der Waals surface area contributed by atoms with E-state index in [4.69, 9.17) is 11.6 Å². The van der Waals surface area contributed by atoms with E-state index in [0.29, 0.717) is 24.4 Å². The normalized spacial score (nSPS) is 21.6. The van der Waals surface area contributed by atoms with E-state index in [1.807, 2.05) is 17.6 Å². The van der Waals surface area contributed by atoms with Crippen molar-refractivity contribution in [1.29, 1.82) is 0 Å². The summed E-state index contributed by atoms with van der Waals surface area (Å²) in [6.07, 6.45) is 3.21. The molecule has 7 heteroatoms. The number of imidazole rings is 1. The molecule has 0 aliphatic carbocycles. The monoisotopic (exact) mass is 313 g/mol. The predicted octanol–water partition coefficient (Wildman–Crippen LogP) is 2.06. The SMILES string of the molecule is Cc1cnc2c(c1)nc(CCl)n2CC1CCCS1(=O)=O. The lowest BCUT2D eigenvalue weighted by Crippen LogP contribution is -2.23. The summed E-state index contributed by atoms with van der Waals surface area (Å²) in [6, 6.07) is 1.94. The summed E-state index contributed by atoms with van der Waals surface area (Å²) >= 11 is 5.94. The Balaban J connectivity index is 2.06. The highest BCUT2D eigenvalue weighted by Gasteiger charge is 2.32. The molecular formula is C13H16ClN3O2S. The number of sulfone groups is 1. The predicted molar refractivity (Wildman–Crippen MR) is 78.6 cm³/mol. The molecule has 0 bridgehead atoms. The molecule has 1 saturated heterocycles. The molecule has 2 aromatic heterocycles. The third-order valence-corrected chi connectivity index (χ3v) is 6.27. The molecule has 108 valence electrons. The molecule has 0 amide bonds. The van der Waals surface area contributed by atoms with Crippen LogP contribution < -0.4 is 0 Å². The van der Waals surface area contributed by atoms with Crippen molar-refractivity contribution < 1.29 is 8.42 Å². The summed E-state index contributed by atoms with van der Waals surface area (Å²) in [4.78, 5) is 8.84. The van der Waals surface area contributed by atoms with Crippen molar-refractivity contribution in [3.05, 3.63) is 23.7 Å². The Hall–Kier alpha value is -1.14. The topological polar surface area (TPSA) is 64.8 Å². The van der Waals surface area contributed by atoms with Gasteiger partial charge in [-0.15, -0.1) is 11.6 Å². The summed E-state index contributed by atoms with van der Waals surface area (Å²) in [5.41, 5.74) is 2.51. The van der Waals surface area contributed by atoms with Crippen molar-refractivity contribution in [2.45, 2.75) is 37.4 Å². The molecule has 0 aromatic carbocycles. The summed E-state index contributed by atoms with van der Waals surface area (Å²) in [5.74, 6) is 1.22. The molecule has 0 radical (unpaired) electrons. The van der Waals surface area contributed by atoms with Gasteiger partial charge >= 0.3 is 0 Å². The Morgan fingerprint density at radius 1 is 1.50 bits per heavy atom. The van der Waals surface area contributed by atoms with Crippen LogP contribution in [-0.4, -0.2) is 34.0 Å². The summed E-state index contributed by atoms with van der Waals surface area (Å²) in [6.45, 7) is 2.35. The van der Waals surface area contributed by atoms with Crippen LogP contribution in [0.2, 0.25) is 0 Å². The molecule has 0 saturated carbocycles. The lowest BCUT2D eigenvalue weighted by atomic mass is 10.2. The molecular weight excluding hydrogens is 298 g/mol. The second-order valence-corrected chi connectivity index (χ2v) is 7.93. The Morgan fingerprint density at radius 3 is 2.95 bits per heavy atom. The molecule has 2 aromatic rings. The van der Waals surface area contributed by atoms with Gasteiger partial charge in [0.15, 0.2) is 15.5 Å². The van der Waals surface area contributed by atoms with E-state index >= 15 is 0 Å². The molecule has 1 fully saturated rings. The largest absolute Gasteiger partial charge is 0.310 e. The number of pyridine rings is 1. The molecule has 20 heavy (non-hydrogen) atoms. The molecule has 1 aliphatic rings. The van der Waals surface area contributed by atoms with E-state index in [1.54, 1.807) is 6.20 Å². The lowest BCUT2D eigenvalue weighted by molar-refractivity contribution is 0.564. The standard InChI is InChI=1S/C13H16ClN3O2S/c1-9-5-11-13(15-7-9)17(12(6-14)16-11)8-10-3-2-4-20(10,18)19/h5,7,10H,2-4,6,8H2,1H3. The Kier molecular flexibility index (Phi) is 3.46. The molecule has 1 aliphatic heterocycles. The molecule has 0 N–H and O–H groups in total. The first kappa shape index (κ1) is 13.8. The van der Waals surface area contributed by atoms with Crippen LogP contribution in [0.4, 0.5) is 0 Å². The van der Waals surface area contributed by atoms with E-state index < -0.39 is 9.84 Å². The van der Waals surface area contributed by atoms with E-state index in [0.717, 1.165) is 17.5 Å². The van der Waals surface area contributed by atoms with Gasteiger partial charge in [0.1, 0.15) is 11.3 Å². The highest BCUT2D eigenvalue weighted by molar-refractivity contribution is 7.92. The van der Waals surface area contributed by atoms with E-state index in [-0.39, 0.29) is 16.9 Å². The van der Waals surface area contributed by atoms with E-state index in [9.17, 15) is 8.42 Å². The van der Waals surface area contributed by atoms with E-state index in [2.05, 4.69) is 9.97 Å². The van der Waals surface area contributed by atoms with Gasteiger partial charge in [-0.2, -0.15) is 0 Å². The van der Waals surface area contributed by atoms with Crippen LogP contribution >= 0.6 is 11.6 Å². The summed E-state index contributed by atoms with van der Waals surface area (Å²) < 4.78 is 25.8. The number of nitrogens with zero attached hydrogens (tertiary/aromatic N) is 3. The Bertz CT molecular complexity index is 754. The fourth-order valence-corrected chi connectivity index (χ4v) is 4.73. The molecule has 1 atom stereocenters. The first-order valence-corrected chi connectivity index (χ1v) is 8.85. The van der Waals surface area contributed by atoms with Crippen molar-refractivity contribution >= 4 is 32.6 Å². The first-order chi connectivity index (χ1) is 9.51. The zero-order chi connectivity index (χ0) is 14.3. The molecule has 5 nitrogen and oxygen atoms in total. The van der Waals surface area contributed by atoms with Crippen LogP contribution in [0.15, 0.2) is 12.3 Å². The summed E-state index contributed by atoms with van der Waals surface area (Å²) in [7, 11) is -2.98. The lowest BCUT2D eigenvalue weighted by Gasteiger charge is -2.12. The maximum Gasteiger partial charge on any atom is 0.160 e. The number of alkyl halides is 1. The number of rotatable bonds is 3. The zero-order valence-electron chi connectivity index (χ0n) is 11.2. The minimum absolute atomic E-state index is 0.252. The minimum Gasteiger partial charge on any atom is -0.310 e. The second kappa shape index (κ2) is 5.00. The van der Waals surface area contributed by atoms with Crippen molar-refractivity contribution in [3.8, 4) is 0 Å². The van der Waals surface area contributed by atoms with Gasteiger partial charge in [-0.05, 0) is 31.4 Å². The van der Waals surface area contributed by atoms with Crippen LogP contribution in [0.5, 0.6) is 0 Å². The van der Waals surface area contributed by atoms with E-state index in [1.165, 1.54) is 0 Å². The fraction of sp³-hybridized carbons (Fsp3) is 0.538. The van der Waals surface area contributed by atoms with Gasteiger partial charge in [0.25, 0.3) is 0 Å². The van der Waals surface area contributed by atoms with Crippen molar-refractivity contribution in [2.24, 2.45) is 0 Å². The van der Waals surface area contributed by atoms with Gasteiger partial charge in [0, 0.05) is 12.7 Å². The quantitative estimate of drug-likeness (QED) is 0.814. The van der Waals surface area contributed by atoms with Gasteiger partial charge in [0.05, 0.1) is 16.9 Å². The minimum atomic E-state index is -2.98. The van der Waals surface area contributed by atoms with Crippen molar-refractivity contribution in [2.75, 3.05) is 5.75 Å². The number of halogens is 1. The average Bonchev–Trinajstić information content (AvgIpc) is 2.90. The molecule has 3 rings (SSSR count). The maximum absolute atomic E-state index is 12.0. The highest BCUT2D eigenvalue weighted by Crippen LogP contribution is 2.25. The number of aryl methyl sites for hydroxylation is 1. The van der Waals surface area contributed by atoms with Gasteiger partial charge in [-0.3, -0.25) is 0 Å². The summed E-state index contributed by atoms with van der Waals surface area (Å²) in [5, 5.41) is -0.343. The van der Waals surface area contributed by atoms with Gasteiger partial charge in [-0.25, -0.2) is 18.4 Å². The van der Waals surface area contributed by atoms with Crippen LogP contribution in [0, 0.1) is 6.92 Å².